The summed E-state index contributed by atoms with van der Waals surface area (Å²) >= 11 is 0. The number of carbonyl (C=O) groups is 1. The molecule has 4 aromatic rings. The van der Waals surface area contributed by atoms with Gasteiger partial charge in [0.15, 0.2) is 11.1 Å². The molecular weight excluding hydrogens is 455 g/mol. The van der Waals surface area contributed by atoms with Crippen LogP contribution in [0.15, 0.2) is 46.3 Å². The molecule has 34 heavy (non-hydrogen) atoms. The molecule has 0 spiro atoms. The Morgan fingerprint density at radius 1 is 1.26 bits per heavy atom. The van der Waals surface area contributed by atoms with Gasteiger partial charge in [0, 0.05) is 16.8 Å². The van der Waals surface area contributed by atoms with Crippen LogP contribution in [0.3, 0.4) is 0 Å². The van der Waals surface area contributed by atoms with E-state index < -0.39 is 23.3 Å². The summed E-state index contributed by atoms with van der Waals surface area (Å²) in [6.45, 7) is 0. The number of benzene rings is 1. The summed E-state index contributed by atoms with van der Waals surface area (Å²) in [7, 11) is 0. The quantitative estimate of drug-likeness (QED) is 0.356. The van der Waals surface area contributed by atoms with Crippen LogP contribution in [-0.2, 0) is 6.18 Å². The Morgan fingerprint density at radius 3 is 2.74 bits per heavy atom. The van der Waals surface area contributed by atoms with Gasteiger partial charge in [0.25, 0.3) is 5.91 Å². The first-order valence-electron chi connectivity index (χ1n) is 10.1. The zero-order valence-electron chi connectivity index (χ0n) is 17.2. The molecule has 1 saturated carbocycles. The number of fused-ring (bicyclic) bond motifs is 1. The Morgan fingerprint density at radius 2 is 2.06 bits per heavy atom. The summed E-state index contributed by atoms with van der Waals surface area (Å²) in [6.07, 6.45) is 0.0824. The third-order valence-corrected chi connectivity index (χ3v) is 5.07. The van der Waals surface area contributed by atoms with Gasteiger partial charge in [0.05, 0.1) is 17.8 Å². The van der Waals surface area contributed by atoms with Gasteiger partial charge in [-0.2, -0.15) is 22.8 Å². The highest BCUT2D eigenvalue weighted by Crippen LogP contribution is 2.29. The lowest BCUT2D eigenvalue weighted by atomic mass is 10.1. The number of halogens is 3. The molecule has 1 aromatic carbocycles. The van der Waals surface area contributed by atoms with Gasteiger partial charge in [-0.3, -0.25) is 14.8 Å². The third-order valence-electron chi connectivity index (χ3n) is 5.07. The number of alkyl halides is 3. The number of aromatic amines is 2. The maximum Gasteiger partial charge on any atom is 0.416 e. The van der Waals surface area contributed by atoms with Crippen molar-refractivity contribution in [2.75, 3.05) is 5.32 Å². The molecule has 0 aliphatic heterocycles. The first kappa shape index (κ1) is 21.4. The van der Waals surface area contributed by atoms with Crippen molar-refractivity contribution >= 4 is 23.4 Å². The average molecular weight is 471 g/mol. The minimum Gasteiger partial charge on any atom is -0.493 e. The highest BCUT2D eigenvalue weighted by atomic mass is 19.4. The molecule has 0 radical (unpaired) electrons. The number of H-pyrrole nitrogens is 2. The SMILES string of the molecule is O=C(Nc1cc(=NC2CC2)n2nc/c(=C\c3[nH]c(=O)[nH]c3O)c2n1)c1cccc(C(F)(F)F)c1. The number of aromatic nitrogens is 5. The van der Waals surface area contributed by atoms with Crippen molar-refractivity contribution in [3.05, 3.63) is 74.5 Å². The second-order valence-electron chi connectivity index (χ2n) is 7.71. The molecule has 0 unspecified atom stereocenters. The van der Waals surface area contributed by atoms with Crippen LogP contribution in [0.25, 0.3) is 11.7 Å². The van der Waals surface area contributed by atoms with E-state index >= 15 is 0 Å². The lowest BCUT2D eigenvalue weighted by Crippen LogP contribution is -2.22. The van der Waals surface area contributed by atoms with Gasteiger partial charge in [-0.15, -0.1) is 0 Å². The van der Waals surface area contributed by atoms with Gasteiger partial charge in [-0.1, -0.05) is 6.07 Å². The lowest BCUT2D eigenvalue weighted by molar-refractivity contribution is -0.137. The Labute approximate surface area is 187 Å². The maximum absolute atomic E-state index is 13.0. The smallest absolute Gasteiger partial charge is 0.416 e. The predicted octanol–water partition coefficient (Wildman–Crippen LogP) is 1.33. The Bertz CT molecular complexity index is 1600. The van der Waals surface area contributed by atoms with E-state index in [2.05, 4.69) is 30.4 Å². The van der Waals surface area contributed by atoms with Gasteiger partial charge in [0.2, 0.25) is 5.88 Å². The number of anilines is 1. The van der Waals surface area contributed by atoms with Crippen LogP contribution in [-0.4, -0.2) is 41.6 Å². The molecule has 13 heteroatoms. The minimum absolute atomic E-state index is 0.0521. The molecule has 1 amide bonds. The topological polar surface area (TPSA) is 141 Å². The molecule has 0 bridgehead atoms. The van der Waals surface area contributed by atoms with E-state index in [0.29, 0.717) is 10.7 Å². The van der Waals surface area contributed by atoms with E-state index in [1.807, 2.05) is 0 Å². The summed E-state index contributed by atoms with van der Waals surface area (Å²) in [5, 5.41) is 17.0. The first-order valence-corrected chi connectivity index (χ1v) is 10.1. The molecular formula is C21H16F3N7O3. The standard InChI is InChI=1S/C21H16F3N7O3/c22-21(23,24)12-3-1-2-10(6-12)18(32)29-15-8-16(26-13-4-5-13)31-17(28-15)11(9-25-31)7-14-19(33)30-20(34)27-14/h1-3,6-9,13,33H,4-5H2,(H,29,32)(H2,27,30,34)/b11-7+,26-16?. The Balaban J connectivity index is 1.58. The van der Waals surface area contributed by atoms with Gasteiger partial charge in [-0.25, -0.2) is 9.78 Å². The number of amides is 1. The molecule has 174 valence electrons. The van der Waals surface area contributed by atoms with Crippen LogP contribution in [0.4, 0.5) is 19.0 Å². The van der Waals surface area contributed by atoms with Crippen molar-refractivity contribution in [1.29, 1.82) is 0 Å². The van der Waals surface area contributed by atoms with Crippen molar-refractivity contribution in [3.8, 4) is 5.88 Å². The number of nitrogens with one attached hydrogen (secondary N) is 3. The van der Waals surface area contributed by atoms with Crippen LogP contribution >= 0.6 is 0 Å². The van der Waals surface area contributed by atoms with E-state index in [1.165, 1.54) is 28.9 Å². The predicted molar refractivity (Wildman–Crippen MR) is 113 cm³/mol. The summed E-state index contributed by atoms with van der Waals surface area (Å²) in [5.41, 5.74) is -0.998. The van der Waals surface area contributed by atoms with Crippen molar-refractivity contribution in [1.82, 2.24) is 24.6 Å². The van der Waals surface area contributed by atoms with Gasteiger partial charge >= 0.3 is 11.9 Å². The summed E-state index contributed by atoms with van der Waals surface area (Å²) in [6, 6.07) is 5.62. The molecule has 1 aliphatic rings. The molecule has 0 saturated heterocycles. The van der Waals surface area contributed by atoms with Crippen LogP contribution in [0, 0.1) is 0 Å². The number of carbonyl (C=O) groups excluding carboxylic acids is 1. The molecule has 1 aliphatic carbocycles. The molecule has 4 N–H and O–H groups in total. The number of imidazole rings is 1. The highest BCUT2D eigenvalue weighted by molar-refractivity contribution is 6.03. The van der Waals surface area contributed by atoms with Gasteiger partial charge in [0.1, 0.15) is 11.5 Å². The molecule has 3 heterocycles. The van der Waals surface area contributed by atoms with Crippen LogP contribution < -0.4 is 21.7 Å². The summed E-state index contributed by atoms with van der Waals surface area (Å²) in [4.78, 5) is 37.6. The van der Waals surface area contributed by atoms with E-state index in [0.717, 1.165) is 31.0 Å². The number of aromatic hydroxyl groups is 1. The van der Waals surface area contributed by atoms with Crippen LogP contribution in [0.1, 0.15) is 34.5 Å². The first-order chi connectivity index (χ1) is 16.2. The van der Waals surface area contributed by atoms with E-state index in [1.54, 1.807) is 0 Å². The van der Waals surface area contributed by atoms with E-state index in [9.17, 15) is 27.9 Å². The largest absolute Gasteiger partial charge is 0.493 e. The summed E-state index contributed by atoms with van der Waals surface area (Å²) in [5.74, 6) is -1.10. The van der Waals surface area contributed by atoms with Crippen molar-refractivity contribution in [3.63, 3.8) is 0 Å². The van der Waals surface area contributed by atoms with Gasteiger partial charge in [-0.05, 0) is 37.1 Å². The normalized spacial score (nSPS) is 15.3. The zero-order chi connectivity index (χ0) is 24.0. The minimum atomic E-state index is -4.59. The second-order valence-corrected chi connectivity index (χ2v) is 7.71. The average Bonchev–Trinajstić information content (AvgIpc) is 3.42. The third kappa shape index (κ3) is 4.27. The molecule has 1 fully saturated rings. The van der Waals surface area contributed by atoms with Gasteiger partial charge < -0.3 is 15.4 Å². The molecule has 0 atom stereocenters. The van der Waals surface area contributed by atoms with E-state index in [4.69, 9.17) is 0 Å². The van der Waals surface area contributed by atoms with Crippen molar-refractivity contribution in [2.24, 2.45) is 4.99 Å². The monoisotopic (exact) mass is 471 g/mol. The fourth-order valence-electron chi connectivity index (χ4n) is 3.29. The van der Waals surface area contributed by atoms with Crippen molar-refractivity contribution in [2.45, 2.75) is 25.1 Å². The number of rotatable bonds is 4. The second kappa shape index (κ2) is 7.86. The molecule has 10 nitrogen and oxygen atoms in total. The number of hydrogen-bond acceptors (Lipinski definition) is 6. The number of nitrogens with zero attached hydrogens (tertiary/aromatic N) is 4. The Kier molecular flexibility index (Phi) is 4.96. The Hall–Kier alpha value is -4.42. The van der Waals surface area contributed by atoms with Crippen molar-refractivity contribution < 1.29 is 23.1 Å². The summed E-state index contributed by atoms with van der Waals surface area (Å²) < 4.78 is 40.5. The maximum atomic E-state index is 13.0. The highest BCUT2D eigenvalue weighted by Gasteiger charge is 2.31. The lowest BCUT2D eigenvalue weighted by Gasteiger charge is -2.09. The fraction of sp³-hybridized carbons (Fsp3) is 0.190. The fourth-order valence-corrected chi connectivity index (χ4v) is 3.29. The molecule has 3 aromatic heterocycles. The number of hydrogen-bond donors (Lipinski definition) is 4. The van der Waals surface area contributed by atoms with E-state index in [-0.39, 0.29) is 34.6 Å². The molecule has 5 rings (SSSR count). The van der Waals surface area contributed by atoms with Crippen LogP contribution in [0.2, 0.25) is 0 Å². The van der Waals surface area contributed by atoms with Crippen LogP contribution in [0.5, 0.6) is 5.88 Å². The zero-order valence-corrected chi connectivity index (χ0v) is 17.2.